The second-order valence-electron chi connectivity index (χ2n) is 8.02. The number of halogens is 1. The van der Waals surface area contributed by atoms with Gasteiger partial charge in [-0.15, -0.1) is 11.8 Å². The Balaban J connectivity index is 1.47. The molecule has 0 fully saturated rings. The zero-order valence-electron chi connectivity index (χ0n) is 19.8. The van der Waals surface area contributed by atoms with Crippen LogP contribution in [0.3, 0.4) is 0 Å². The fraction of sp³-hybridized carbons (Fsp3) is 0.148. The minimum absolute atomic E-state index is 0.219. The lowest BCUT2D eigenvalue weighted by atomic mass is 10.1. The SMILES string of the molecule is Cn1ccc(CSc2ccc(C(=O)NCCc3ccc([N+](=O)[O-])nc3)cc2C#Cc2ccc(F)cc2)n1. The van der Waals surface area contributed by atoms with E-state index in [0.29, 0.717) is 35.4 Å². The fourth-order valence-corrected chi connectivity index (χ4v) is 4.24. The van der Waals surface area contributed by atoms with Crippen molar-refractivity contribution in [3.8, 4) is 11.8 Å². The van der Waals surface area contributed by atoms with Crippen molar-refractivity contribution in [3.63, 3.8) is 0 Å². The molecule has 0 saturated heterocycles. The third kappa shape index (κ3) is 7.25. The van der Waals surface area contributed by atoms with E-state index in [4.69, 9.17) is 0 Å². The summed E-state index contributed by atoms with van der Waals surface area (Å²) in [6.45, 7) is 0.338. The molecule has 0 radical (unpaired) electrons. The molecule has 4 aromatic rings. The van der Waals surface area contributed by atoms with Gasteiger partial charge in [-0.05, 0) is 76.5 Å². The molecule has 0 atom stereocenters. The number of carbonyl (C=O) groups excluding carboxylic acids is 1. The number of hydrogen-bond donors (Lipinski definition) is 1. The number of nitrogens with zero attached hydrogens (tertiary/aromatic N) is 4. The topological polar surface area (TPSA) is 103 Å². The van der Waals surface area contributed by atoms with E-state index in [2.05, 4.69) is 27.2 Å². The second kappa shape index (κ2) is 12.0. The van der Waals surface area contributed by atoms with Crippen molar-refractivity contribution in [3.05, 3.63) is 117 Å². The Morgan fingerprint density at radius 2 is 1.95 bits per heavy atom. The standard InChI is InChI=1S/C27H22FN5O3S/c1-32-15-13-24(31-32)18-37-25-10-7-22(16-21(25)6-2-19-3-8-23(28)9-4-19)27(34)29-14-12-20-5-11-26(30-17-20)33(35)36/h3-5,7-11,13,15-17H,12,14,18H2,1H3,(H,29,34). The van der Waals surface area contributed by atoms with Crippen LogP contribution in [0.4, 0.5) is 10.2 Å². The summed E-state index contributed by atoms with van der Waals surface area (Å²) >= 11 is 1.56. The Morgan fingerprint density at radius 3 is 2.62 bits per heavy atom. The summed E-state index contributed by atoms with van der Waals surface area (Å²) < 4.78 is 15.0. The number of aromatic nitrogens is 3. The number of hydrogen-bond acceptors (Lipinski definition) is 6. The van der Waals surface area contributed by atoms with Crippen LogP contribution in [-0.2, 0) is 19.2 Å². The Morgan fingerprint density at radius 1 is 1.14 bits per heavy atom. The predicted molar refractivity (Wildman–Crippen MR) is 139 cm³/mol. The molecule has 1 amide bonds. The monoisotopic (exact) mass is 515 g/mol. The highest BCUT2D eigenvalue weighted by Crippen LogP contribution is 2.26. The van der Waals surface area contributed by atoms with Gasteiger partial charge in [0.05, 0.1) is 5.69 Å². The van der Waals surface area contributed by atoms with E-state index in [1.54, 1.807) is 46.8 Å². The number of amides is 1. The summed E-state index contributed by atoms with van der Waals surface area (Å²) in [5, 5.41) is 18.0. The molecule has 0 spiro atoms. The first-order valence-electron chi connectivity index (χ1n) is 11.3. The van der Waals surface area contributed by atoms with Gasteiger partial charge in [0.2, 0.25) is 0 Å². The molecule has 4 rings (SSSR count). The molecule has 10 heteroatoms. The summed E-state index contributed by atoms with van der Waals surface area (Å²) in [5.74, 6) is 5.98. The number of aryl methyl sites for hydroxylation is 1. The lowest BCUT2D eigenvalue weighted by Gasteiger charge is -2.08. The van der Waals surface area contributed by atoms with Gasteiger partial charge in [0.25, 0.3) is 5.91 Å². The normalized spacial score (nSPS) is 10.4. The molecule has 186 valence electrons. The van der Waals surface area contributed by atoms with E-state index in [-0.39, 0.29) is 17.5 Å². The van der Waals surface area contributed by atoms with Gasteiger partial charge < -0.3 is 15.4 Å². The number of carbonyl (C=O) groups is 1. The van der Waals surface area contributed by atoms with Gasteiger partial charge in [-0.25, -0.2) is 4.39 Å². The van der Waals surface area contributed by atoms with Crippen LogP contribution in [0.5, 0.6) is 0 Å². The minimum Gasteiger partial charge on any atom is -0.358 e. The van der Waals surface area contributed by atoms with Crippen LogP contribution in [0.2, 0.25) is 0 Å². The third-order valence-corrected chi connectivity index (χ3v) is 6.37. The molecular weight excluding hydrogens is 493 g/mol. The molecular formula is C27H22FN5O3S. The number of thioether (sulfide) groups is 1. The number of nitrogens with one attached hydrogen (secondary N) is 1. The van der Waals surface area contributed by atoms with Crippen molar-refractivity contribution in [2.45, 2.75) is 17.1 Å². The molecule has 0 saturated carbocycles. The first-order chi connectivity index (χ1) is 17.9. The van der Waals surface area contributed by atoms with E-state index in [1.165, 1.54) is 24.4 Å². The van der Waals surface area contributed by atoms with Crippen molar-refractivity contribution in [1.82, 2.24) is 20.1 Å². The molecule has 2 aromatic heterocycles. The summed E-state index contributed by atoms with van der Waals surface area (Å²) in [7, 11) is 1.86. The van der Waals surface area contributed by atoms with E-state index in [9.17, 15) is 19.3 Å². The Hall–Kier alpha value is -4.49. The number of nitro groups is 1. The molecule has 37 heavy (non-hydrogen) atoms. The highest BCUT2D eigenvalue weighted by atomic mass is 32.2. The number of pyridine rings is 1. The lowest BCUT2D eigenvalue weighted by molar-refractivity contribution is -0.389. The molecule has 2 heterocycles. The lowest BCUT2D eigenvalue weighted by Crippen LogP contribution is -2.25. The first-order valence-corrected chi connectivity index (χ1v) is 12.3. The molecule has 0 unspecified atom stereocenters. The van der Waals surface area contributed by atoms with Gasteiger partial charge >= 0.3 is 5.82 Å². The average Bonchev–Trinajstić information content (AvgIpc) is 3.32. The van der Waals surface area contributed by atoms with Crippen molar-refractivity contribution >= 4 is 23.5 Å². The summed E-state index contributed by atoms with van der Waals surface area (Å²) in [6, 6.07) is 16.2. The maximum absolute atomic E-state index is 13.2. The quantitative estimate of drug-likeness (QED) is 0.160. The summed E-state index contributed by atoms with van der Waals surface area (Å²) in [4.78, 5) is 27.7. The van der Waals surface area contributed by atoms with Crippen LogP contribution < -0.4 is 5.32 Å². The largest absolute Gasteiger partial charge is 0.363 e. The van der Waals surface area contributed by atoms with Crippen LogP contribution >= 0.6 is 11.8 Å². The van der Waals surface area contributed by atoms with Gasteiger partial charge in [-0.3, -0.25) is 9.48 Å². The van der Waals surface area contributed by atoms with Crippen LogP contribution in [0.15, 0.2) is 78.0 Å². The predicted octanol–water partition coefficient (Wildman–Crippen LogP) is 4.53. The Kier molecular flexibility index (Phi) is 8.28. The van der Waals surface area contributed by atoms with E-state index in [0.717, 1.165) is 16.2 Å². The second-order valence-corrected chi connectivity index (χ2v) is 9.04. The highest BCUT2D eigenvalue weighted by Gasteiger charge is 2.11. The van der Waals surface area contributed by atoms with Gasteiger partial charge in [-0.2, -0.15) is 5.10 Å². The van der Waals surface area contributed by atoms with Crippen molar-refractivity contribution in [2.24, 2.45) is 7.05 Å². The summed E-state index contributed by atoms with van der Waals surface area (Å²) in [5.41, 5.74) is 3.49. The van der Waals surface area contributed by atoms with Crippen LogP contribution in [0.25, 0.3) is 0 Å². The minimum atomic E-state index is -0.555. The van der Waals surface area contributed by atoms with Crippen LogP contribution in [-0.4, -0.2) is 32.1 Å². The molecule has 0 aliphatic rings. The third-order valence-electron chi connectivity index (χ3n) is 5.27. The maximum Gasteiger partial charge on any atom is 0.363 e. The maximum atomic E-state index is 13.2. The van der Waals surface area contributed by atoms with Gasteiger partial charge in [0, 0.05) is 53.2 Å². The zero-order chi connectivity index (χ0) is 26.2. The number of benzene rings is 2. The molecule has 0 bridgehead atoms. The molecule has 8 nitrogen and oxygen atoms in total. The molecule has 1 N–H and O–H groups in total. The summed E-state index contributed by atoms with van der Waals surface area (Å²) in [6.07, 6.45) is 3.79. The molecule has 2 aromatic carbocycles. The van der Waals surface area contributed by atoms with E-state index >= 15 is 0 Å². The van der Waals surface area contributed by atoms with Gasteiger partial charge in [0.15, 0.2) is 0 Å². The Labute approximate surface area is 217 Å². The van der Waals surface area contributed by atoms with E-state index < -0.39 is 4.92 Å². The first kappa shape index (κ1) is 25.6. The van der Waals surface area contributed by atoms with Crippen LogP contribution in [0.1, 0.15) is 32.7 Å². The van der Waals surface area contributed by atoms with Crippen molar-refractivity contribution < 1.29 is 14.1 Å². The highest BCUT2D eigenvalue weighted by molar-refractivity contribution is 7.98. The van der Waals surface area contributed by atoms with E-state index in [1.807, 2.05) is 25.4 Å². The van der Waals surface area contributed by atoms with Gasteiger partial charge in [-0.1, -0.05) is 11.8 Å². The average molecular weight is 516 g/mol. The van der Waals surface area contributed by atoms with Crippen molar-refractivity contribution in [2.75, 3.05) is 6.54 Å². The van der Waals surface area contributed by atoms with Gasteiger partial charge in [0.1, 0.15) is 12.0 Å². The molecule has 0 aliphatic carbocycles. The number of rotatable bonds is 8. The van der Waals surface area contributed by atoms with Crippen molar-refractivity contribution in [1.29, 1.82) is 0 Å². The Bertz CT molecular complexity index is 1470. The smallest absolute Gasteiger partial charge is 0.358 e. The van der Waals surface area contributed by atoms with Crippen LogP contribution in [0, 0.1) is 27.8 Å². The zero-order valence-corrected chi connectivity index (χ0v) is 20.7. The molecule has 0 aliphatic heterocycles. The fourth-order valence-electron chi connectivity index (χ4n) is 3.35.